The maximum atomic E-state index is 12.6. The monoisotopic (exact) mass is 368 g/mol. The number of hydrogen-bond acceptors (Lipinski definition) is 9. The Kier molecular flexibility index (Phi) is 3.92. The number of nitrogens with zero attached hydrogens (tertiary/aromatic N) is 1. The van der Waals surface area contributed by atoms with Crippen LogP contribution in [-0.4, -0.2) is 78.0 Å². The molecule has 11 nitrogen and oxygen atoms in total. The summed E-state index contributed by atoms with van der Waals surface area (Å²) in [6, 6.07) is 4.55. The van der Waals surface area contributed by atoms with Crippen LogP contribution in [0.4, 0.5) is 0 Å². The van der Waals surface area contributed by atoms with Crippen molar-refractivity contribution in [3.05, 3.63) is 34.9 Å². The van der Waals surface area contributed by atoms with Crippen LogP contribution in [0.15, 0.2) is 18.2 Å². The summed E-state index contributed by atoms with van der Waals surface area (Å²) in [5, 5.41) is 59.4. The van der Waals surface area contributed by atoms with Gasteiger partial charge in [0.25, 0.3) is 23.5 Å². The number of imide groups is 1. The lowest BCUT2D eigenvalue weighted by atomic mass is 9.78. The molecule has 3 rings (SSSR count). The summed E-state index contributed by atoms with van der Waals surface area (Å²) < 4.78 is 0. The van der Waals surface area contributed by atoms with Crippen LogP contribution in [0.5, 0.6) is 0 Å². The van der Waals surface area contributed by atoms with Crippen LogP contribution >= 0.6 is 0 Å². The summed E-state index contributed by atoms with van der Waals surface area (Å²) in [5.74, 6) is -7.76. The summed E-state index contributed by atoms with van der Waals surface area (Å²) in [6.45, 7) is -2.85. The highest BCUT2D eigenvalue weighted by atomic mass is 16.5. The van der Waals surface area contributed by atoms with Crippen molar-refractivity contribution in [2.75, 3.05) is 13.2 Å². The van der Waals surface area contributed by atoms with E-state index in [-0.39, 0.29) is 17.5 Å². The molecule has 2 unspecified atom stereocenters. The third-order valence-electron chi connectivity index (χ3n) is 4.56. The minimum absolute atomic E-state index is 0.0243. The van der Waals surface area contributed by atoms with Gasteiger partial charge in [-0.15, -0.1) is 0 Å². The van der Waals surface area contributed by atoms with Crippen molar-refractivity contribution in [2.45, 2.75) is 23.7 Å². The largest absolute Gasteiger partial charge is 0.391 e. The van der Waals surface area contributed by atoms with Gasteiger partial charge in [-0.2, -0.15) is 0 Å². The number of aliphatic hydroxyl groups is 6. The second-order valence-corrected chi connectivity index (χ2v) is 6.21. The third-order valence-corrected chi connectivity index (χ3v) is 4.56. The Morgan fingerprint density at radius 3 is 2.35 bits per heavy atom. The zero-order valence-corrected chi connectivity index (χ0v) is 13.2. The minimum atomic E-state index is -3.33. The van der Waals surface area contributed by atoms with Gasteiger partial charge in [-0.3, -0.25) is 24.6 Å². The summed E-state index contributed by atoms with van der Waals surface area (Å²) in [7, 11) is 0. The molecule has 0 radical (unpaired) electrons. The van der Waals surface area contributed by atoms with Crippen LogP contribution in [0.1, 0.15) is 21.5 Å². The van der Waals surface area contributed by atoms with Crippen molar-refractivity contribution in [1.29, 1.82) is 0 Å². The van der Waals surface area contributed by atoms with Gasteiger partial charge in [0.1, 0.15) is 13.2 Å². The van der Waals surface area contributed by atoms with Gasteiger partial charge in [-0.05, 0) is 11.6 Å². The molecule has 26 heavy (non-hydrogen) atoms. The van der Waals surface area contributed by atoms with Crippen molar-refractivity contribution >= 4 is 17.7 Å². The summed E-state index contributed by atoms with van der Waals surface area (Å²) in [6.07, 6.45) is -0.119. The zero-order chi connectivity index (χ0) is 19.5. The number of carbonyl (C=O) groups excluding carboxylic acids is 3. The lowest BCUT2D eigenvalue weighted by molar-refractivity contribution is -0.226. The van der Waals surface area contributed by atoms with E-state index < -0.39 is 48.2 Å². The van der Waals surface area contributed by atoms with Crippen molar-refractivity contribution in [3.8, 4) is 0 Å². The first-order chi connectivity index (χ1) is 12.0. The predicted octanol–water partition coefficient (Wildman–Crippen LogP) is -4.16. The van der Waals surface area contributed by atoms with E-state index in [1.807, 2.05) is 0 Å². The Bertz CT molecular complexity index is 823. The molecular weight excluding hydrogens is 352 g/mol. The Morgan fingerprint density at radius 1 is 1.15 bits per heavy atom. The molecule has 2 atom stereocenters. The zero-order valence-electron chi connectivity index (χ0n) is 13.2. The molecule has 11 heteroatoms. The van der Waals surface area contributed by atoms with Gasteiger partial charge in [0.05, 0.1) is 0 Å². The molecular formula is C15H16N2O9. The number of aliphatic hydroxyl groups excluding tert-OH is 2. The summed E-state index contributed by atoms with van der Waals surface area (Å²) >= 11 is 0. The molecule has 0 bridgehead atoms. The van der Waals surface area contributed by atoms with E-state index in [1.54, 1.807) is 12.1 Å². The standard InChI is InChI=1S/C15H16N2O9/c18-5-14(24,11(21)16-12(22)15(25,26)6-19)17-10(20)8-3-1-2-7-4-13(17,23)9(7)8/h1-3,18-19,23-26H,4-6H2,(H,16,21,22). The van der Waals surface area contributed by atoms with Crippen molar-refractivity contribution in [3.63, 3.8) is 0 Å². The maximum absolute atomic E-state index is 12.6. The number of nitrogens with one attached hydrogen (secondary N) is 1. The van der Waals surface area contributed by atoms with Gasteiger partial charge in [0, 0.05) is 17.5 Å². The number of rotatable bonds is 5. The van der Waals surface area contributed by atoms with Crippen LogP contribution in [0, 0.1) is 0 Å². The van der Waals surface area contributed by atoms with Gasteiger partial charge < -0.3 is 30.6 Å². The Balaban J connectivity index is 1.95. The Morgan fingerprint density at radius 2 is 1.81 bits per heavy atom. The number of hydrogen-bond donors (Lipinski definition) is 7. The lowest BCUT2D eigenvalue weighted by Gasteiger charge is -2.47. The van der Waals surface area contributed by atoms with E-state index >= 15 is 0 Å². The number of amides is 3. The van der Waals surface area contributed by atoms with E-state index in [9.17, 15) is 39.9 Å². The van der Waals surface area contributed by atoms with Gasteiger partial charge in [0.2, 0.25) is 5.72 Å². The molecule has 0 aromatic heterocycles. The molecule has 1 heterocycles. The average Bonchev–Trinajstić information content (AvgIpc) is 2.80. The molecule has 2 aliphatic rings. The first-order valence-corrected chi connectivity index (χ1v) is 7.47. The van der Waals surface area contributed by atoms with Gasteiger partial charge in [-0.25, -0.2) is 0 Å². The normalized spacial score (nSPS) is 23.2. The molecule has 7 N–H and O–H groups in total. The first kappa shape index (κ1) is 18.4. The predicted molar refractivity (Wildman–Crippen MR) is 79.7 cm³/mol. The molecule has 3 amide bonds. The quantitative estimate of drug-likeness (QED) is 0.253. The molecule has 0 saturated carbocycles. The van der Waals surface area contributed by atoms with Gasteiger partial charge in [0.15, 0.2) is 5.72 Å². The highest BCUT2D eigenvalue weighted by Crippen LogP contribution is 2.51. The van der Waals surface area contributed by atoms with E-state index in [4.69, 9.17) is 5.11 Å². The fraction of sp³-hybridized carbons (Fsp3) is 0.400. The summed E-state index contributed by atoms with van der Waals surface area (Å²) in [4.78, 5) is 36.8. The topological polar surface area (TPSA) is 188 Å². The SMILES string of the molecule is O=C1c2cccc3c2C(O)(C3)N1C(O)(CO)C(=O)NC(=O)C(O)(O)CO. The molecule has 0 fully saturated rings. The molecule has 1 aromatic rings. The average molecular weight is 368 g/mol. The van der Waals surface area contributed by atoms with Crippen molar-refractivity contribution < 1.29 is 45.0 Å². The maximum Gasteiger partial charge on any atom is 0.289 e. The Labute approximate surface area is 145 Å². The minimum Gasteiger partial charge on any atom is -0.391 e. The van der Waals surface area contributed by atoms with E-state index in [2.05, 4.69) is 0 Å². The van der Waals surface area contributed by atoms with Crippen LogP contribution in [-0.2, 0) is 21.7 Å². The first-order valence-electron chi connectivity index (χ1n) is 7.47. The second kappa shape index (κ2) is 5.54. The summed E-state index contributed by atoms with van der Waals surface area (Å²) in [5.41, 5.74) is -4.32. The van der Waals surface area contributed by atoms with Crippen LogP contribution in [0.25, 0.3) is 0 Å². The van der Waals surface area contributed by atoms with Crippen molar-refractivity contribution in [1.82, 2.24) is 10.2 Å². The second-order valence-electron chi connectivity index (χ2n) is 6.21. The molecule has 140 valence electrons. The fourth-order valence-corrected chi connectivity index (χ4v) is 3.22. The molecule has 1 aliphatic carbocycles. The van der Waals surface area contributed by atoms with E-state index in [1.165, 1.54) is 11.4 Å². The van der Waals surface area contributed by atoms with Crippen molar-refractivity contribution in [2.24, 2.45) is 0 Å². The molecule has 0 saturated heterocycles. The molecule has 1 aliphatic heterocycles. The lowest BCUT2D eigenvalue weighted by Crippen LogP contribution is -2.70. The van der Waals surface area contributed by atoms with E-state index in [0.717, 1.165) is 0 Å². The van der Waals surface area contributed by atoms with Crippen LogP contribution < -0.4 is 5.32 Å². The number of carbonyl (C=O) groups is 3. The molecule has 0 spiro atoms. The highest BCUT2D eigenvalue weighted by Gasteiger charge is 2.64. The molecule has 1 aromatic carbocycles. The van der Waals surface area contributed by atoms with Gasteiger partial charge in [-0.1, -0.05) is 12.1 Å². The fourth-order valence-electron chi connectivity index (χ4n) is 3.22. The smallest absolute Gasteiger partial charge is 0.289 e. The van der Waals surface area contributed by atoms with Gasteiger partial charge >= 0.3 is 0 Å². The van der Waals surface area contributed by atoms with Crippen LogP contribution in [0.3, 0.4) is 0 Å². The highest BCUT2D eigenvalue weighted by molar-refractivity contribution is 6.07. The van der Waals surface area contributed by atoms with E-state index in [0.29, 0.717) is 10.5 Å². The Hall–Kier alpha value is -2.41. The third kappa shape index (κ3) is 2.19. The number of benzene rings is 1. The van der Waals surface area contributed by atoms with Crippen LogP contribution in [0.2, 0.25) is 0 Å².